The molecule has 1 aliphatic heterocycles. The molecular formula is C18H18ClNO3S. The van der Waals surface area contributed by atoms with Gasteiger partial charge < -0.3 is 14.8 Å². The summed E-state index contributed by atoms with van der Waals surface area (Å²) in [5.74, 6) is 2.27. The first-order chi connectivity index (χ1) is 11.6. The molecular weight excluding hydrogens is 346 g/mol. The summed E-state index contributed by atoms with van der Waals surface area (Å²) in [5.41, 5.74) is 2.14. The summed E-state index contributed by atoms with van der Waals surface area (Å²) >= 11 is 7.47. The van der Waals surface area contributed by atoms with Crippen LogP contribution in [-0.4, -0.2) is 18.0 Å². The Bertz CT molecular complexity index is 721. The van der Waals surface area contributed by atoms with Crippen molar-refractivity contribution < 1.29 is 14.3 Å². The van der Waals surface area contributed by atoms with Gasteiger partial charge in [-0.2, -0.15) is 0 Å². The molecule has 0 aliphatic carbocycles. The van der Waals surface area contributed by atoms with Crippen LogP contribution >= 0.6 is 23.4 Å². The van der Waals surface area contributed by atoms with Crippen LogP contribution in [0.2, 0.25) is 5.02 Å². The smallest absolute Gasteiger partial charge is 0.233 e. The Morgan fingerprint density at radius 3 is 2.67 bits per heavy atom. The van der Waals surface area contributed by atoms with E-state index in [2.05, 4.69) is 5.32 Å². The van der Waals surface area contributed by atoms with Crippen molar-refractivity contribution in [2.45, 2.75) is 24.5 Å². The Labute approximate surface area is 150 Å². The van der Waals surface area contributed by atoms with Gasteiger partial charge in [0.15, 0.2) is 11.5 Å². The van der Waals surface area contributed by atoms with E-state index in [1.165, 1.54) is 0 Å². The minimum Gasteiger partial charge on any atom is -0.454 e. The van der Waals surface area contributed by atoms with Crippen LogP contribution in [0.15, 0.2) is 42.5 Å². The number of halogens is 1. The molecule has 0 bridgehead atoms. The molecule has 4 nitrogen and oxygen atoms in total. The largest absolute Gasteiger partial charge is 0.454 e. The number of rotatable bonds is 6. The fourth-order valence-corrected chi connectivity index (χ4v) is 3.26. The van der Waals surface area contributed by atoms with E-state index in [9.17, 15) is 4.79 Å². The summed E-state index contributed by atoms with van der Waals surface area (Å²) in [5, 5.41) is 3.55. The number of amides is 1. The fourth-order valence-electron chi connectivity index (χ4n) is 2.26. The Morgan fingerprint density at radius 1 is 1.17 bits per heavy atom. The molecule has 6 heteroatoms. The average molecular weight is 364 g/mol. The van der Waals surface area contributed by atoms with E-state index >= 15 is 0 Å². The number of benzene rings is 2. The van der Waals surface area contributed by atoms with Gasteiger partial charge in [-0.25, -0.2) is 0 Å². The van der Waals surface area contributed by atoms with Gasteiger partial charge in [0.2, 0.25) is 12.7 Å². The Balaban J connectivity index is 1.46. The van der Waals surface area contributed by atoms with Crippen LogP contribution in [0, 0.1) is 0 Å². The van der Waals surface area contributed by atoms with Gasteiger partial charge in [-0.05, 0) is 42.3 Å². The molecule has 1 amide bonds. The second kappa shape index (κ2) is 7.81. The lowest BCUT2D eigenvalue weighted by Gasteiger charge is -2.12. The van der Waals surface area contributed by atoms with Crippen LogP contribution < -0.4 is 14.8 Å². The lowest BCUT2D eigenvalue weighted by molar-refractivity contribution is -0.120. The topological polar surface area (TPSA) is 47.6 Å². The second-order valence-corrected chi connectivity index (χ2v) is 7.25. The molecule has 0 unspecified atom stereocenters. The third kappa shape index (κ3) is 4.36. The molecule has 2 aromatic rings. The van der Waals surface area contributed by atoms with Gasteiger partial charge in [-0.1, -0.05) is 29.8 Å². The van der Waals surface area contributed by atoms with Gasteiger partial charge in [0.1, 0.15) is 0 Å². The molecule has 2 aromatic carbocycles. The average Bonchev–Trinajstić information content (AvgIpc) is 3.06. The molecule has 0 aromatic heterocycles. The first-order valence-electron chi connectivity index (χ1n) is 7.64. The highest BCUT2D eigenvalue weighted by Gasteiger charge is 2.15. The van der Waals surface area contributed by atoms with Gasteiger partial charge in [0, 0.05) is 17.3 Å². The first-order valence-corrected chi connectivity index (χ1v) is 9.07. The Kier molecular flexibility index (Phi) is 5.53. The maximum atomic E-state index is 12.2. The number of carbonyl (C=O) groups is 1. The van der Waals surface area contributed by atoms with E-state index in [1.54, 1.807) is 11.8 Å². The molecule has 1 aliphatic rings. The SMILES string of the molecule is C[C@@H](SCc1ccc(Cl)cc1)C(=O)NCc1ccc2c(c1)OCO2. The van der Waals surface area contributed by atoms with Gasteiger partial charge in [0.05, 0.1) is 5.25 Å². The standard InChI is InChI=1S/C18H18ClNO3S/c1-12(24-10-13-2-5-15(19)6-3-13)18(21)20-9-14-4-7-16-17(8-14)23-11-22-16/h2-8,12H,9-11H2,1H3,(H,20,21)/t12-/m1/s1. The zero-order valence-corrected chi connectivity index (χ0v) is 14.8. The number of carbonyl (C=O) groups excluding carboxylic acids is 1. The summed E-state index contributed by atoms with van der Waals surface area (Å²) in [6.07, 6.45) is 0. The molecule has 1 atom stereocenters. The minimum atomic E-state index is -0.130. The molecule has 0 saturated carbocycles. The number of hydrogen-bond donors (Lipinski definition) is 1. The van der Waals surface area contributed by atoms with Gasteiger partial charge >= 0.3 is 0 Å². The number of nitrogens with one attached hydrogen (secondary N) is 1. The van der Waals surface area contributed by atoms with Crippen molar-refractivity contribution in [1.82, 2.24) is 5.32 Å². The summed E-state index contributed by atoms with van der Waals surface area (Å²) in [4.78, 5) is 12.2. The van der Waals surface area contributed by atoms with Crippen molar-refractivity contribution in [1.29, 1.82) is 0 Å². The lowest BCUT2D eigenvalue weighted by Crippen LogP contribution is -2.30. The molecule has 0 fully saturated rings. The molecule has 1 heterocycles. The Morgan fingerprint density at radius 2 is 1.88 bits per heavy atom. The normalized spacial score (nSPS) is 13.6. The highest BCUT2D eigenvalue weighted by Crippen LogP contribution is 2.32. The third-order valence-electron chi connectivity index (χ3n) is 3.69. The first kappa shape index (κ1) is 17.0. The van der Waals surface area contributed by atoms with Gasteiger partial charge in [-0.3, -0.25) is 4.79 Å². The molecule has 1 N–H and O–H groups in total. The molecule has 0 saturated heterocycles. The second-order valence-electron chi connectivity index (χ2n) is 5.49. The van der Waals surface area contributed by atoms with Crippen LogP contribution in [0.3, 0.4) is 0 Å². The van der Waals surface area contributed by atoms with Gasteiger partial charge in [-0.15, -0.1) is 11.8 Å². The fraction of sp³-hybridized carbons (Fsp3) is 0.278. The minimum absolute atomic E-state index is 0.0200. The van der Waals surface area contributed by atoms with E-state index in [0.717, 1.165) is 33.4 Å². The molecule has 126 valence electrons. The Hall–Kier alpha value is -1.85. The number of fused-ring (bicyclic) bond motifs is 1. The summed E-state index contributed by atoms with van der Waals surface area (Å²) in [6, 6.07) is 13.4. The number of hydrogen-bond acceptors (Lipinski definition) is 4. The van der Waals surface area contributed by atoms with Crippen molar-refractivity contribution in [2.24, 2.45) is 0 Å². The predicted octanol–water partition coefficient (Wildman–Crippen LogP) is 4.01. The molecule has 3 rings (SSSR count). The highest BCUT2D eigenvalue weighted by molar-refractivity contribution is 7.99. The number of thioether (sulfide) groups is 1. The zero-order valence-electron chi connectivity index (χ0n) is 13.3. The van der Waals surface area contributed by atoms with Crippen LogP contribution in [0.5, 0.6) is 11.5 Å². The summed E-state index contributed by atoms with van der Waals surface area (Å²) < 4.78 is 10.6. The van der Waals surface area contributed by atoms with E-state index < -0.39 is 0 Å². The highest BCUT2D eigenvalue weighted by atomic mass is 35.5. The molecule has 0 spiro atoms. The zero-order chi connectivity index (χ0) is 16.9. The summed E-state index contributed by atoms with van der Waals surface area (Å²) in [6.45, 7) is 2.64. The lowest BCUT2D eigenvalue weighted by atomic mass is 10.2. The van der Waals surface area contributed by atoms with Crippen molar-refractivity contribution in [2.75, 3.05) is 6.79 Å². The predicted molar refractivity (Wildman–Crippen MR) is 96.6 cm³/mol. The third-order valence-corrected chi connectivity index (χ3v) is 5.15. The van der Waals surface area contributed by atoms with E-state index in [4.69, 9.17) is 21.1 Å². The summed E-state index contributed by atoms with van der Waals surface area (Å²) in [7, 11) is 0. The maximum Gasteiger partial charge on any atom is 0.233 e. The van der Waals surface area contributed by atoms with E-state index in [-0.39, 0.29) is 18.0 Å². The van der Waals surface area contributed by atoms with Crippen LogP contribution in [-0.2, 0) is 17.1 Å². The van der Waals surface area contributed by atoms with Crippen LogP contribution in [0.1, 0.15) is 18.1 Å². The van der Waals surface area contributed by atoms with Crippen molar-refractivity contribution >= 4 is 29.3 Å². The van der Waals surface area contributed by atoms with Crippen molar-refractivity contribution in [3.05, 3.63) is 58.6 Å². The molecule has 0 radical (unpaired) electrons. The van der Waals surface area contributed by atoms with E-state index in [1.807, 2.05) is 49.4 Å². The van der Waals surface area contributed by atoms with Gasteiger partial charge in [0.25, 0.3) is 0 Å². The van der Waals surface area contributed by atoms with Crippen LogP contribution in [0.25, 0.3) is 0 Å². The van der Waals surface area contributed by atoms with Crippen LogP contribution in [0.4, 0.5) is 0 Å². The molecule has 24 heavy (non-hydrogen) atoms. The van der Waals surface area contributed by atoms with Crippen molar-refractivity contribution in [3.8, 4) is 11.5 Å². The monoisotopic (exact) mass is 363 g/mol. The quantitative estimate of drug-likeness (QED) is 0.842. The van der Waals surface area contributed by atoms with E-state index in [0.29, 0.717) is 6.54 Å². The maximum absolute atomic E-state index is 12.2. The number of ether oxygens (including phenoxy) is 2. The van der Waals surface area contributed by atoms with Crippen molar-refractivity contribution in [3.63, 3.8) is 0 Å².